The van der Waals surface area contributed by atoms with E-state index in [-0.39, 0.29) is 5.91 Å². The Morgan fingerprint density at radius 3 is 2.67 bits per heavy atom. The van der Waals surface area contributed by atoms with Gasteiger partial charge in [-0.15, -0.1) is 0 Å². The smallest absolute Gasteiger partial charge is 0.274 e. The summed E-state index contributed by atoms with van der Waals surface area (Å²) in [6, 6.07) is 0.467. The lowest BCUT2D eigenvalue weighted by molar-refractivity contribution is 0.0656. The summed E-state index contributed by atoms with van der Waals surface area (Å²) in [6.07, 6.45) is 5.35. The molecule has 1 N–H and O–H groups in total. The van der Waals surface area contributed by atoms with Crippen LogP contribution in [0.4, 0.5) is 0 Å². The molecule has 0 spiro atoms. The van der Waals surface area contributed by atoms with Gasteiger partial charge in [0, 0.05) is 50.0 Å². The Bertz CT molecular complexity index is 631. The maximum Gasteiger partial charge on any atom is 0.274 e. The zero-order valence-corrected chi connectivity index (χ0v) is 17.6. The van der Waals surface area contributed by atoms with Crippen LogP contribution < -0.4 is 5.32 Å². The summed E-state index contributed by atoms with van der Waals surface area (Å²) in [5.74, 6) is 0.857. The highest BCUT2D eigenvalue weighted by atomic mass is 16.2. The van der Waals surface area contributed by atoms with Crippen molar-refractivity contribution in [3.8, 4) is 0 Å². The first-order chi connectivity index (χ1) is 13.0. The highest BCUT2D eigenvalue weighted by Gasteiger charge is 2.31. The number of rotatable bonds is 7. The molecule has 1 amide bonds. The summed E-state index contributed by atoms with van der Waals surface area (Å²) < 4.78 is 2.11. The summed E-state index contributed by atoms with van der Waals surface area (Å²) in [5.41, 5.74) is 3.23. The number of nitrogens with one attached hydrogen (secondary N) is 1. The molecule has 0 aromatic carbocycles. The average molecular weight is 376 g/mol. The van der Waals surface area contributed by atoms with Gasteiger partial charge in [-0.3, -0.25) is 9.48 Å². The predicted molar refractivity (Wildman–Crippen MR) is 109 cm³/mol. The molecule has 6 heteroatoms. The van der Waals surface area contributed by atoms with Crippen LogP contribution in [0, 0.1) is 5.92 Å². The molecule has 2 heterocycles. The van der Waals surface area contributed by atoms with E-state index < -0.39 is 0 Å². The standard InChI is InChI=1S/C21H37N5O/c1-5-10-26-19-7-6-17(22-9-8-16(2)3)15-18(19)20(23-26)21(27)25-13-11-24(4)12-14-25/h16-17,22H,5-15H2,1-4H3/t17-/m1/s1. The SMILES string of the molecule is CCCn1nc(C(=O)N2CCN(C)CC2)c2c1CC[C@@H](NCCC(C)C)C2. The van der Waals surface area contributed by atoms with Crippen molar-refractivity contribution in [3.63, 3.8) is 0 Å². The highest BCUT2D eigenvalue weighted by Crippen LogP contribution is 2.26. The minimum atomic E-state index is 0.136. The van der Waals surface area contributed by atoms with Gasteiger partial charge in [0.15, 0.2) is 5.69 Å². The molecule has 1 fully saturated rings. The van der Waals surface area contributed by atoms with Crippen molar-refractivity contribution in [2.75, 3.05) is 39.8 Å². The second-order valence-electron chi connectivity index (χ2n) is 8.67. The zero-order valence-electron chi connectivity index (χ0n) is 17.6. The molecule has 1 atom stereocenters. The number of aryl methyl sites for hydroxylation is 1. The first-order valence-corrected chi connectivity index (χ1v) is 10.8. The average Bonchev–Trinajstić information content (AvgIpc) is 3.00. The van der Waals surface area contributed by atoms with Crippen LogP contribution in [0.15, 0.2) is 0 Å². The van der Waals surface area contributed by atoms with Crippen molar-refractivity contribution >= 4 is 5.91 Å². The molecule has 1 aliphatic heterocycles. The topological polar surface area (TPSA) is 53.4 Å². The number of hydrogen-bond acceptors (Lipinski definition) is 4. The third-order valence-corrected chi connectivity index (χ3v) is 5.93. The molecule has 2 aliphatic rings. The van der Waals surface area contributed by atoms with E-state index in [0.29, 0.717) is 6.04 Å². The van der Waals surface area contributed by atoms with Crippen molar-refractivity contribution in [2.45, 2.75) is 65.5 Å². The Morgan fingerprint density at radius 2 is 2.00 bits per heavy atom. The molecule has 6 nitrogen and oxygen atoms in total. The van der Waals surface area contributed by atoms with E-state index in [9.17, 15) is 4.79 Å². The van der Waals surface area contributed by atoms with Crippen molar-refractivity contribution < 1.29 is 4.79 Å². The van der Waals surface area contributed by atoms with Gasteiger partial charge < -0.3 is 15.1 Å². The predicted octanol–water partition coefficient (Wildman–Crippen LogP) is 2.17. The quantitative estimate of drug-likeness (QED) is 0.794. The first-order valence-electron chi connectivity index (χ1n) is 10.8. The number of nitrogens with zero attached hydrogens (tertiary/aromatic N) is 4. The van der Waals surface area contributed by atoms with E-state index >= 15 is 0 Å². The molecule has 1 aromatic heterocycles. The molecule has 1 saturated heterocycles. The maximum absolute atomic E-state index is 13.2. The Kier molecular flexibility index (Phi) is 6.93. The molecule has 0 bridgehead atoms. The number of likely N-dealkylation sites (N-methyl/N-ethyl adjacent to an activating group) is 1. The van der Waals surface area contributed by atoms with E-state index in [1.54, 1.807) is 0 Å². The van der Waals surface area contributed by atoms with Gasteiger partial charge in [-0.05, 0) is 51.6 Å². The Morgan fingerprint density at radius 1 is 1.26 bits per heavy atom. The van der Waals surface area contributed by atoms with Gasteiger partial charge in [-0.25, -0.2) is 0 Å². The maximum atomic E-state index is 13.2. The van der Waals surface area contributed by atoms with Crippen molar-refractivity contribution in [3.05, 3.63) is 17.0 Å². The third-order valence-electron chi connectivity index (χ3n) is 5.93. The van der Waals surface area contributed by atoms with Gasteiger partial charge in [0.25, 0.3) is 5.91 Å². The van der Waals surface area contributed by atoms with Gasteiger partial charge >= 0.3 is 0 Å². The lowest BCUT2D eigenvalue weighted by Crippen LogP contribution is -2.47. The Balaban J connectivity index is 1.75. The van der Waals surface area contributed by atoms with Gasteiger partial charge in [0.2, 0.25) is 0 Å². The molecule has 1 aliphatic carbocycles. The number of carbonyl (C=O) groups excluding carboxylic acids is 1. The van der Waals surface area contributed by atoms with Gasteiger partial charge in [-0.2, -0.15) is 5.10 Å². The second-order valence-corrected chi connectivity index (χ2v) is 8.67. The fraction of sp³-hybridized carbons (Fsp3) is 0.810. The number of hydrogen-bond donors (Lipinski definition) is 1. The van der Waals surface area contributed by atoms with Gasteiger partial charge in [0.05, 0.1) is 0 Å². The van der Waals surface area contributed by atoms with Crippen molar-refractivity contribution in [1.29, 1.82) is 0 Å². The van der Waals surface area contributed by atoms with E-state index in [1.165, 1.54) is 17.7 Å². The van der Waals surface area contributed by atoms with Crippen LogP contribution in [0.25, 0.3) is 0 Å². The van der Waals surface area contributed by atoms with E-state index in [4.69, 9.17) is 5.10 Å². The van der Waals surface area contributed by atoms with Crippen LogP contribution in [-0.2, 0) is 19.4 Å². The molecular formula is C21H37N5O. The number of piperazine rings is 1. The summed E-state index contributed by atoms with van der Waals surface area (Å²) >= 11 is 0. The fourth-order valence-electron chi connectivity index (χ4n) is 4.17. The van der Waals surface area contributed by atoms with Crippen LogP contribution in [-0.4, -0.2) is 71.3 Å². The third kappa shape index (κ3) is 4.91. The molecule has 0 saturated carbocycles. The summed E-state index contributed by atoms with van der Waals surface area (Å²) in [7, 11) is 2.12. The Hall–Kier alpha value is -1.40. The first kappa shape index (κ1) is 20.3. The van der Waals surface area contributed by atoms with Crippen LogP contribution in [0.1, 0.15) is 61.8 Å². The number of amides is 1. The van der Waals surface area contributed by atoms with Crippen LogP contribution in [0.5, 0.6) is 0 Å². The van der Waals surface area contributed by atoms with Crippen molar-refractivity contribution in [1.82, 2.24) is 24.9 Å². The van der Waals surface area contributed by atoms with E-state index in [2.05, 4.69) is 42.7 Å². The monoisotopic (exact) mass is 375 g/mol. The zero-order chi connectivity index (χ0) is 19.4. The molecule has 3 rings (SSSR count). The Labute approximate surface area is 164 Å². The lowest BCUT2D eigenvalue weighted by atomic mass is 9.90. The van der Waals surface area contributed by atoms with Gasteiger partial charge in [0.1, 0.15) is 0 Å². The van der Waals surface area contributed by atoms with Crippen molar-refractivity contribution in [2.24, 2.45) is 5.92 Å². The van der Waals surface area contributed by atoms with E-state index in [0.717, 1.165) is 76.6 Å². The molecule has 1 aromatic rings. The number of carbonyl (C=O) groups is 1. The van der Waals surface area contributed by atoms with E-state index in [1.807, 2.05) is 4.90 Å². The highest BCUT2D eigenvalue weighted by molar-refractivity contribution is 5.94. The van der Waals surface area contributed by atoms with Gasteiger partial charge in [-0.1, -0.05) is 20.8 Å². The molecular weight excluding hydrogens is 338 g/mol. The summed E-state index contributed by atoms with van der Waals surface area (Å²) in [4.78, 5) is 17.5. The second kappa shape index (κ2) is 9.20. The molecule has 0 unspecified atom stereocenters. The molecule has 152 valence electrons. The fourth-order valence-corrected chi connectivity index (χ4v) is 4.17. The molecule has 0 radical (unpaired) electrons. The lowest BCUT2D eigenvalue weighted by Gasteiger charge is -2.32. The number of fused-ring (bicyclic) bond motifs is 1. The van der Waals surface area contributed by atoms with Crippen LogP contribution >= 0.6 is 0 Å². The minimum Gasteiger partial charge on any atom is -0.335 e. The van der Waals surface area contributed by atoms with Crippen LogP contribution in [0.3, 0.4) is 0 Å². The summed E-state index contributed by atoms with van der Waals surface area (Å²) in [6.45, 7) is 12.2. The molecule has 27 heavy (non-hydrogen) atoms. The summed E-state index contributed by atoms with van der Waals surface area (Å²) in [5, 5.41) is 8.52. The minimum absolute atomic E-state index is 0.136. The number of aromatic nitrogens is 2. The van der Waals surface area contributed by atoms with Crippen LogP contribution in [0.2, 0.25) is 0 Å². The largest absolute Gasteiger partial charge is 0.335 e. The normalized spacial score (nSPS) is 20.9.